The van der Waals surface area contributed by atoms with Gasteiger partial charge in [-0.15, -0.1) is 0 Å². The Balaban J connectivity index is 1.68. The minimum absolute atomic E-state index is 0.928. The fraction of sp³-hybridized carbons (Fsp3) is 1.00. The summed E-state index contributed by atoms with van der Waals surface area (Å²) in [7, 11) is 0. The number of nitrogens with one attached hydrogen (secondary N) is 1. The molecule has 0 unspecified atom stereocenters. The summed E-state index contributed by atoms with van der Waals surface area (Å²) in [6, 6.07) is 0. The van der Waals surface area contributed by atoms with Gasteiger partial charge in [-0.05, 0) is 63.7 Å². The van der Waals surface area contributed by atoms with Gasteiger partial charge in [-0.2, -0.15) is 0 Å². The Morgan fingerprint density at radius 3 is 2.64 bits per heavy atom. The third-order valence-corrected chi connectivity index (χ3v) is 3.79. The molecule has 0 aromatic rings. The number of piperidine rings is 2. The molecule has 2 aliphatic rings. The molecule has 82 valence electrons. The lowest BCUT2D eigenvalue weighted by Gasteiger charge is -2.34. The zero-order valence-electron chi connectivity index (χ0n) is 9.47. The Morgan fingerprint density at radius 2 is 2.00 bits per heavy atom. The summed E-state index contributed by atoms with van der Waals surface area (Å²) < 4.78 is 0. The van der Waals surface area contributed by atoms with Crippen LogP contribution in [0.25, 0.3) is 0 Å². The van der Waals surface area contributed by atoms with Gasteiger partial charge in [-0.1, -0.05) is 6.92 Å². The van der Waals surface area contributed by atoms with Crippen LogP contribution >= 0.6 is 0 Å². The van der Waals surface area contributed by atoms with Gasteiger partial charge >= 0.3 is 0 Å². The lowest BCUT2D eigenvalue weighted by atomic mass is 9.95. The standard InChI is InChI=1S/C12H24N2/c1-11-4-7-14(8-5-11)10-12-3-2-6-13-9-12/h11-13H,2-10H2,1H3/t12-/m1/s1. The molecule has 2 rings (SSSR count). The molecule has 0 bridgehead atoms. The average molecular weight is 196 g/mol. The Bertz CT molecular complexity index is 156. The average Bonchev–Trinajstić information content (AvgIpc) is 2.23. The van der Waals surface area contributed by atoms with E-state index in [0.29, 0.717) is 0 Å². The molecular weight excluding hydrogens is 172 g/mol. The predicted molar refractivity (Wildman–Crippen MR) is 60.4 cm³/mol. The van der Waals surface area contributed by atoms with Crippen LogP contribution in [-0.2, 0) is 0 Å². The van der Waals surface area contributed by atoms with Gasteiger partial charge in [-0.25, -0.2) is 0 Å². The van der Waals surface area contributed by atoms with E-state index in [4.69, 9.17) is 0 Å². The third-order valence-electron chi connectivity index (χ3n) is 3.79. The number of likely N-dealkylation sites (tertiary alicyclic amines) is 1. The van der Waals surface area contributed by atoms with E-state index in [9.17, 15) is 0 Å². The molecule has 0 spiro atoms. The first-order valence-electron chi connectivity index (χ1n) is 6.27. The molecule has 2 fully saturated rings. The third kappa shape index (κ3) is 2.96. The summed E-state index contributed by atoms with van der Waals surface area (Å²) >= 11 is 0. The van der Waals surface area contributed by atoms with Crippen molar-refractivity contribution < 1.29 is 0 Å². The molecule has 0 aromatic carbocycles. The predicted octanol–water partition coefficient (Wildman–Crippen LogP) is 1.72. The number of hydrogen-bond acceptors (Lipinski definition) is 2. The fourth-order valence-electron chi connectivity index (χ4n) is 2.69. The summed E-state index contributed by atoms with van der Waals surface area (Å²) in [6.07, 6.45) is 5.66. The largest absolute Gasteiger partial charge is 0.316 e. The highest BCUT2D eigenvalue weighted by Crippen LogP contribution is 2.19. The molecule has 0 amide bonds. The summed E-state index contributed by atoms with van der Waals surface area (Å²) in [6.45, 7) is 8.92. The van der Waals surface area contributed by atoms with Crippen LogP contribution in [0.5, 0.6) is 0 Å². The van der Waals surface area contributed by atoms with Crippen molar-refractivity contribution in [3.8, 4) is 0 Å². The van der Waals surface area contributed by atoms with E-state index < -0.39 is 0 Å². The molecule has 2 heteroatoms. The molecule has 1 N–H and O–H groups in total. The maximum atomic E-state index is 3.51. The molecule has 0 aromatic heterocycles. The van der Waals surface area contributed by atoms with Gasteiger partial charge in [0.05, 0.1) is 0 Å². The molecular formula is C12H24N2. The number of hydrogen-bond donors (Lipinski definition) is 1. The first-order valence-corrected chi connectivity index (χ1v) is 6.27. The van der Waals surface area contributed by atoms with E-state index in [1.54, 1.807) is 0 Å². The second-order valence-electron chi connectivity index (χ2n) is 5.20. The summed E-state index contributed by atoms with van der Waals surface area (Å²) in [5.74, 6) is 1.90. The minimum Gasteiger partial charge on any atom is -0.316 e. The van der Waals surface area contributed by atoms with Gasteiger partial charge in [0.2, 0.25) is 0 Å². The van der Waals surface area contributed by atoms with Crippen LogP contribution < -0.4 is 5.32 Å². The summed E-state index contributed by atoms with van der Waals surface area (Å²) in [5, 5.41) is 3.51. The van der Waals surface area contributed by atoms with E-state index >= 15 is 0 Å². The molecule has 0 saturated carbocycles. The first-order chi connectivity index (χ1) is 6.84. The topological polar surface area (TPSA) is 15.3 Å². The van der Waals surface area contributed by atoms with Crippen molar-refractivity contribution in [2.24, 2.45) is 11.8 Å². The van der Waals surface area contributed by atoms with E-state index in [-0.39, 0.29) is 0 Å². The fourth-order valence-corrected chi connectivity index (χ4v) is 2.69. The van der Waals surface area contributed by atoms with Gasteiger partial charge < -0.3 is 10.2 Å². The first kappa shape index (κ1) is 10.4. The van der Waals surface area contributed by atoms with Crippen molar-refractivity contribution in [1.82, 2.24) is 10.2 Å². The lowest BCUT2D eigenvalue weighted by molar-refractivity contribution is 0.155. The molecule has 2 saturated heterocycles. The highest BCUT2D eigenvalue weighted by molar-refractivity contribution is 4.76. The molecule has 2 aliphatic heterocycles. The van der Waals surface area contributed by atoms with Gasteiger partial charge in [0, 0.05) is 6.54 Å². The Hall–Kier alpha value is -0.0800. The van der Waals surface area contributed by atoms with Crippen molar-refractivity contribution in [1.29, 1.82) is 0 Å². The number of nitrogens with zero attached hydrogens (tertiary/aromatic N) is 1. The Morgan fingerprint density at radius 1 is 1.21 bits per heavy atom. The Kier molecular flexibility index (Phi) is 3.82. The zero-order valence-corrected chi connectivity index (χ0v) is 9.47. The van der Waals surface area contributed by atoms with E-state index in [0.717, 1.165) is 11.8 Å². The molecule has 1 atom stereocenters. The quantitative estimate of drug-likeness (QED) is 0.723. The second-order valence-corrected chi connectivity index (χ2v) is 5.20. The summed E-state index contributed by atoms with van der Waals surface area (Å²) in [4.78, 5) is 2.68. The monoisotopic (exact) mass is 196 g/mol. The van der Waals surface area contributed by atoms with Crippen molar-refractivity contribution >= 4 is 0 Å². The van der Waals surface area contributed by atoms with Crippen LogP contribution in [-0.4, -0.2) is 37.6 Å². The molecule has 2 nitrogen and oxygen atoms in total. The molecule has 0 aliphatic carbocycles. The van der Waals surface area contributed by atoms with E-state index in [1.165, 1.54) is 58.4 Å². The van der Waals surface area contributed by atoms with Crippen LogP contribution in [0.1, 0.15) is 32.6 Å². The van der Waals surface area contributed by atoms with Crippen LogP contribution in [0.3, 0.4) is 0 Å². The lowest BCUT2D eigenvalue weighted by Crippen LogP contribution is -2.41. The van der Waals surface area contributed by atoms with Gasteiger partial charge in [-0.3, -0.25) is 0 Å². The Labute approximate surface area is 88.1 Å². The minimum atomic E-state index is 0.928. The van der Waals surface area contributed by atoms with Crippen LogP contribution in [0, 0.1) is 11.8 Å². The van der Waals surface area contributed by atoms with Crippen molar-refractivity contribution in [2.45, 2.75) is 32.6 Å². The maximum Gasteiger partial charge on any atom is 0.00218 e. The van der Waals surface area contributed by atoms with E-state index in [2.05, 4.69) is 17.1 Å². The summed E-state index contributed by atoms with van der Waals surface area (Å²) in [5.41, 5.74) is 0. The molecule has 2 heterocycles. The van der Waals surface area contributed by atoms with Gasteiger partial charge in [0.1, 0.15) is 0 Å². The highest BCUT2D eigenvalue weighted by Gasteiger charge is 2.20. The van der Waals surface area contributed by atoms with Crippen molar-refractivity contribution in [3.63, 3.8) is 0 Å². The normalized spacial score (nSPS) is 31.9. The van der Waals surface area contributed by atoms with Crippen LogP contribution in [0.2, 0.25) is 0 Å². The highest BCUT2D eigenvalue weighted by atomic mass is 15.1. The smallest absolute Gasteiger partial charge is 0.00218 e. The van der Waals surface area contributed by atoms with Crippen molar-refractivity contribution in [3.05, 3.63) is 0 Å². The zero-order chi connectivity index (χ0) is 9.80. The molecule has 0 radical (unpaired) electrons. The van der Waals surface area contributed by atoms with Gasteiger partial charge in [0.25, 0.3) is 0 Å². The molecule has 14 heavy (non-hydrogen) atoms. The second kappa shape index (κ2) is 5.13. The maximum absolute atomic E-state index is 3.51. The van der Waals surface area contributed by atoms with Gasteiger partial charge in [0.15, 0.2) is 0 Å². The SMILES string of the molecule is CC1CCN(C[C@@H]2CCCNC2)CC1. The van der Waals surface area contributed by atoms with Crippen LogP contribution in [0.4, 0.5) is 0 Å². The van der Waals surface area contributed by atoms with Crippen molar-refractivity contribution in [2.75, 3.05) is 32.7 Å². The van der Waals surface area contributed by atoms with Crippen LogP contribution in [0.15, 0.2) is 0 Å². The number of rotatable bonds is 2. The van der Waals surface area contributed by atoms with E-state index in [1.807, 2.05) is 0 Å².